The molecule has 1 atom stereocenters. The molecule has 2 rings (SSSR count). The number of nitrogens with one attached hydrogen (secondary N) is 1. The van der Waals surface area contributed by atoms with Crippen LogP contribution < -0.4 is 4.72 Å². The predicted molar refractivity (Wildman–Crippen MR) is 72.0 cm³/mol. The molecule has 1 aromatic carbocycles. The lowest BCUT2D eigenvalue weighted by molar-refractivity contribution is 0.566. The van der Waals surface area contributed by atoms with Gasteiger partial charge in [0.05, 0.1) is 22.6 Å². The standard InChI is InChI=1S/C12H11N3O2S2/c1-9(12-14-6-7-18-12)15-19(16,17)11-4-2-10(8-13)3-5-11/h2-7,9,15H,1H3. The summed E-state index contributed by atoms with van der Waals surface area (Å²) in [4.78, 5) is 4.20. The van der Waals surface area contributed by atoms with Crippen LogP contribution in [-0.2, 0) is 10.0 Å². The van der Waals surface area contributed by atoms with Crippen LogP contribution in [-0.4, -0.2) is 13.4 Å². The first kappa shape index (κ1) is 13.7. The molecule has 0 aliphatic heterocycles. The number of benzene rings is 1. The molecule has 0 radical (unpaired) electrons. The second kappa shape index (κ2) is 5.48. The third-order valence-corrected chi connectivity index (χ3v) is 4.96. The van der Waals surface area contributed by atoms with Gasteiger partial charge in [0.25, 0.3) is 0 Å². The summed E-state index contributed by atoms with van der Waals surface area (Å²) in [5, 5.41) is 11.2. The minimum atomic E-state index is -3.60. The molecule has 2 aromatic rings. The number of aromatic nitrogens is 1. The Kier molecular flexibility index (Phi) is 3.95. The first-order valence-corrected chi connectivity index (χ1v) is 7.81. The van der Waals surface area contributed by atoms with E-state index in [-0.39, 0.29) is 10.9 Å². The molecule has 1 N–H and O–H groups in total. The molecule has 98 valence electrons. The molecule has 5 nitrogen and oxygen atoms in total. The van der Waals surface area contributed by atoms with E-state index in [4.69, 9.17) is 5.26 Å². The van der Waals surface area contributed by atoms with Gasteiger partial charge in [-0.2, -0.15) is 5.26 Å². The van der Waals surface area contributed by atoms with Crippen LogP contribution in [0.25, 0.3) is 0 Å². The summed E-state index contributed by atoms with van der Waals surface area (Å²) >= 11 is 1.39. The average Bonchev–Trinajstić information content (AvgIpc) is 2.92. The smallest absolute Gasteiger partial charge is 0.241 e. The molecule has 0 spiro atoms. The van der Waals surface area contributed by atoms with Crippen molar-refractivity contribution in [2.75, 3.05) is 0 Å². The number of sulfonamides is 1. The van der Waals surface area contributed by atoms with Gasteiger partial charge in [0.2, 0.25) is 10.0 Å². The second-order valence-corrected chi connectivity index (χ2v) is 6.49. The lowest BCUT2D eigenvalue weighted by Crippen LogP contribution is -2.26. The van der Waals surface area contributed by atoms with Crippen molar-refractivity contribution < 1.29 is 8.42 Å². The molecule has 1 heterocycles. The molecule has 0 aliphatic rings. The highest BCUT2D eigenvalue weighted by Crippen LogP contribution is 2.18. The largest absolute Gasteiger partial charge is 0.248 e. The summed E-state index contributed by atoms with van der Waals surface area (Å²) in [6.07, 6.45) is 1.63. The Morgan fingerprint density at radius 3 is 2.58 bits per heavy atom. The quantitative estimate of drug-likeness (QED) is 0.935. The van der Waals surface area contributed by atoms with E-state index in [1.807, 2.05) is 6.07 Å². The monoisotopic (exact) mass is 293 g/mol. The summed E-state index contributed by atoms with van der Waals surface area (Å²) < 4.78 is 26.8. The molecule has 0 bridgehead atoms. The fraction of sp³-hybridized carbons (Fsp3) is 0.167. The van der Waals surface area contributed by atoms with Crippen LogP contribution in [0, 0.1) is 11.3 Å². The van der Waals surface area contributed by atoms with E-state index in [2.05, 4.69) is 9.71 Å². The molecule has 0 saturated heterocycles. The van der Waals surface area contributed by atoms with Gasteiger partial charge in [0.1, 0.15) is 5.01 Å². The predicted octanol–water partition coefficient (Wildman–Crippen LogP) is 2.05. The van der Waals surface area contributed by atoms with Gasteiger partial charge in [0, 0.05) is 11.6 Å². The fourth-order valence-electron chi connectivity index (χ4n) is 1.51. The highest BCUT2D eigenvalue weighted by molar-refractivity contribution is 7.89. The molecule has 7 heteroatoms. The third-order valence-electron chi connectivity index (χ3n) is 2.45. The van der Waals surface area contributed by atoms with E-state index in [1.165, 1.54) is 35.6 Å². The SMILES string of the molecule is CC(NS(=O)(=O)c1ccc(C#N)cc1)c1nccs1. The topological polar surface area (TPSA) is 82.9 Å². The van der Waals surface area contributed by atoms with Crippen molar-refractivity contribution in [2.45, 2.75) is 17.9 Å². The van der Waals surface area contributed by atoms with E-state index in [0.29, 0.717) is 10.6 Å². The van der Waals surface area contributed by atoms with Crippen molar-refractivity contribution in [3.8, 4) is 6.07 Å². The summed E-state index contributed by atoms with van der Waals surface area (Å²) in [5.41, 5.74) is 0.423. The lowest BCUT2D eigenvalue weighted by Gasteiger charge is -2.11. The number of rotatable bonds is 4. The number of nitrogens with zero attached hydrogens (tertiary/aromatic N) is 2. The van der Waals surface area contributed by atoms with E-state index in [1.54, 1.807) is 18.5 Å². The third kappa shape index (κ3) is 3.17. The van der Waals surface area contributed by atoms with Crippen LogP contribution in [0.4, 0.5) is 0 Å². The van der Waals surface area contributed by atoms with Crippen molar-refractivity contribution in [1.82, 2.24) is 9.71 Å². The maximum absolute atomic E-state index is 12.1. The van der Waals surface area contributed by atoms with Gasteiger partial charge in [-0.05, 0) is 31.2 Å². The van der Waals surface area contributed by atoms with Gasteiger partial charge < -0.3 is 0 Å². The zero-order valence-corrected chi connectivity index (χ0v) is 11.7. The highest BCUT2D eigenvalue weighted by Gasteiger charge is 2.19. The Morgan fingerprint density at radius 1 is 1.37 bits per heavy atom. The first-order chi connectivity index (χ1) is 9.03. The minimum Gasteiger partial charge on any atom is -0.248 e. The van der Waals surface area contributed by atoms with Crippen LogP contribution in [0.5, 0.6) is 0 Å². The molecule has 1 aromatic heterocycles. The van der Waals surface area contributed by atoms with Gasteiger partial charge in [-0.25, -0.2) is 18.1 Å². The van der Waals surface area contributed by atoms with Gasteiger partial charge in [-0.15, -0.1) is 11.3 Å². The number of hydrogen-bond donors (Lipinski definition) is 1. The number of hydrogen-bond acceptors (Lipinski definition) is 5. The van der Waals surface area contributed by atoms with Crippen molar-refractivity contribution in [1.29, 1.82) is 5.26 Å². The van der Waals surface area contributed by atoms with Gasteiger partial charge >= 0.3 is 0 Å². The molecule has 19 heavy (non-hydrogen) atoms. The Hall–Kier alpha value is -1.75. The van der Waals surface area contributed by atoms with E-state index >= 15 is 0 Å². The number of thiazole rings is 1. The van der Waals surface area contributed by atoms with E-state index < -0.39 is 10.0 Å². The van der Waals surface area contributed by atoms with Gasteiger partial charge in [-0.3, -0.25) is 0 Å². The molecule has 0 fully saturated rings. The Labute approximate surface area is 115 Å². The van der Waals surface area contributed by atoms with Gasteiger partial charge in [0.15, 0.2) is 0 Å². The van der Waals surface area contributed by atoms with Crippen molar-refractivity contribution >= 4 is 21.4 Å². The normalized spacial score (nSPS) is 12.8. The minimum absolute atomic E-state index is 0.134. The highest BCUT2D eigenvalue weighted by atomic mass is 32.2. The van der Waals surface area contributed by atoms with Crippen LogP contribution in [0.3, 0.4) is 0 Å². The van der Waals surface area contributed by atoms with Crippen LogP contribution >= 0.6 is 11.3 Å². The Morgan fingerprint density at radius 2 is 2.05 bits per heavy atom. The van der Waals surface area contributed by atoms with Crippen LogP contribution in [0.2, 0.25) is 0 Å². The van der Waals surface area contributed by atoms with Crippen molar-refractivity contribution in [3.63, 3.8) is 0 Å². The van der Waals surface area contributed by atoms with Crippen LogP contribution in [0.1, 0.15) is 23.5 Å². The first-order valence-electron chi connectivity index (χ1n) is 5.45. The summed E-state index contributed by atoms with van der Waals surface area (Å²) in [5.74, 6) is 0. The Balaban J connectivity index is 2.20. The zero-order chi connectivity index (χ0) is 13.9. The summed E-state index contributed by atoms with van der Waals surface area (Å²) in [7, 11) is -3.60. The molecular weight excluding hydrogens is 282 g/mol. The fourth-order valence-corrected chi connectivity index (χ4v) is 3.44. The maximum atomic E-state index is 12.1. The second-order valence-electron chi connectivity index (χ2n) is 3.85. The molecule has 0 saturated carbocycles. The molecule has 0 amide bonds. The summed E-state index contributed by atoms with van der Waals surface area (Å²) in [6, 6.07) is 7.33. The number of nitriles is 1. The maximum Gasteiger partial charge on any atom is 0.241 e. The molecule has 1 unspecified atom stereocenters. The van der Waals surface area contributed by atoms with Crippen LogP contribution in [0.15, 0.2) is 40.7 Å². The molecular formula is C12H11N3O2S2. The average molecular weight is 293 g/mol. The lowest BCUT2D eigenvalue weighted by atomic mass is 10.2. The summed E-state index contributed by atoms with van der Waals surface area (Å²) in [6.45, 7) is 1.74. The van der Waals surface area contributed by atoms with Crippen molar-refractivity contribution in [2.24, 2.45) is 0 Å². The Bertz CT molecular complexity index is 686. The van der Waals surface area contributed by atoms with E-state index in [9.17, 15) is 8.42 Å². The van der Waals surface area contributed by atoms with Crippen molar-refractivity contribution in [3.05, 3.63) is 46.4 Å². The molecule has 0 aliphatic carbocycles. The van der Waals surface area contributed by atoms with Gasteiger partial charge in [-0.1, -0.05) is 0 Å². The van der Waals surface area contributed by atoms with E-state index in [0.717, 1.165) is 0 Å². The zero-order valence-electron chi connectivity index (χ0n) is 10.1.